The van der Waals surface area contributed by atoms with Gasteiger partial charge < -0.3 is 45.1 Å². The van der Waals surface area contributed by atoms with Crippen LogP contribution in [-0.2, 0) is 23.8 Å². The first-order valence-electron chi connectivity index (χ1n) is 35.6. The van der Waals surface area contributed by atoms with Crippen molar-refractivity contribution >= 4 is 11.9 Å². The van der Waals surface area contributed by atoms with Crippen LogP contribution in [0.15, 0.2) is 24.3 Å². The van der Waals surface area contributed by atoms with Crippen molar-refractivity contribution in [2.45, 2.75) is 404 Å². The number of rotatable bonds is 62. The van der Waals surface area contributed by atoms with Crippen LogP contribution in [0.1, 0.15) is 355 Å². The third kappa shape index (κ3) is 46.4. The van der Waals surface area contributed by atoms with E-state index in [9.17, 15) is 35.1 Å². The Morgan fingerprint density at radius 2 is 0.805 bits per heavy atom. The quantitative estimate of drug-likeness (QED) is 0.0195. The first kappa shape index (κ1) is 78.2. The van der Waals surface area contributed by atoms with E-state index in [1.807, 2.05) is 6.08 Å². The van der Waals surface area contributed by atoms with Crippen molar-refractivity contribution in [1.82, 2.24) is 5.32 Å². The molecule has 1 fully saturated rings. The summed E-state index contributed by atoms with van der Waals surface area (Å²) in [6, 6.07) is -1.02. The monoisotopic (exact) mass is 1160 g/mol. The molecule has 0 aromatic rings. The Bertz CT molecular complexity index is 1430. The number of hydrogen-bond donors (Lipinski definition) is 6. The Morgan fingerprint density at radius 3 is 1.18 bits per heavy atom. The fourth-order valence-electron chi connectivity index (χ4n) is 11.5. The molecule has 0 radical (unpaired) electrons. The van der Waals surface area contributed by atoms with Crippen LogP contribution in [0.4, 0.5) is 0 Å². The van der Waals surface area contributed by atoms with Crippen molar-refractivity contribution in [3.05, 3.63) is 24.3 Å². The number of amides is 1. The lowest BCUT2D eigenvalue weighted by Gasteiger charge is -2.41. The molecule has 1 saturated heterocycles. The highest BCUT2D eigenvalue weighted by Gasteiger charge is 2.47. The Labute approximate surface area is 505 Å². The molecule has 0 aromatic carbocycles. The molecule has 0 aliphatic carbocycles. The van der Waals surface area contributed by atoms with Gasteiger partial charge in [-0.1, -0.05) is 321 Å². The Kier molecular flexibility index (Phi) is 56.7. The predicted molar refractivity (Wildman–Crippen MR) is 343 cm³/mol. The van der Waals surface area contributed by atoms with Crippen LogP contribution < -0.4 is 5.32 Å². The van der Waals surface area contributed by atoms with Gasteiger partial charge in [0.05, 0.1) is 25.4 Å². The summed E-state index contributed by atoms with van der Waals surface area (Å²) in [5, 5.41) is 57.2. The molecule has 6 N–H and O–H groups in total. The Balaban J connectivity index is 2.51. The molecule has 11 nitrogen and oxygen atoms in total. The van der Waals surface area contributed by atoms with E-state index in [4.69, 9.17) is 14.2 Å². The van der Waals surface area contributed by atoms with Gasteiger partial charge in [-0.05, 0) is 51.4 Å². The van der Waals surface area contributed by atoms with E-state index in [1.54, 1.807) is 6.08 Å². The summed E-state index contributed by atoms with van der Waals surface area (Å²) in [5.41, 5.74) is 0. The lowest BCUT2D eigenvalue weighted by molar-refractivity contribution is -0.305. The average Bonchev–Trinajstić information content (AvgIpc) is 3.57. The topological polar surface area (TPSA) is 175 Å². The smallest absolute Gasteiger partial charge is 0.306 e. The summed E-state index contributed by atoms with van der Waals surface area (Å²) in [4.78, 5) is 26.6. The molecule has 0 spiro atoms. The molecule has 0 bridgehead atoms. The van der Waals surface area contributed by atoms with E-state index in [1.165, 1.54) is 250 Å². The summed E-state index contributed by atoms with van der Waals surface area (Å²) in [5.74, 6) is -1.17. The van der Waals surface area contributed by atoms with Gasteiger partial charge in [0.2, 0.25) is 5.91 Å². The highest BCUT2D eigenvalue weighted by Crippen LogP contribution is 2.26. The summed E-state index contributed by atoms with van der Waals surface area (Å²) in [6.07, 6.45) is 60.9. The van der Waals surface area contributed by atoms with Gasteiger partial charge in [0, 0.05) is 6.42 Å². The van der Waals surface area contributed by atoms with Crippen LogP contribution in [0.2, 0.25) is 0 Å². The minimum atomic E-state index is -1.61. The number of hydrogen-bond acceptors (Lipinski definition) is 10. The molecule has 1 heterocycles. The van der Waals surface area contributed by atoms with Crippen molar-refractivity contribution in [2.24, 2.45) is 0 Å². The van der Waals surface area contributed by atoms with Gasteiger partial charge in [-0.3, -0.25) is 9.59 Å². The van der Waals surface area contributed by atoms with E-state index in [-0.39, 0.29) is 13.0 Å². The van der Waals surface area contributed by atoms with Crippen LogP contribution in [0.25, 0.3) is 0 Å². The highest BCUT2D eigenvalue weighted by atomic mass is 16.7. The second kappa shape index (κ2) is 59.5. The molecular formula is C71H135NO10. The normalized spacial score (nSPS) is 18.7. The number of unbranched alkanes of at least 4 members (excludes halogenated alkanes) is 46. The fraction of sp³-hybridized carbons (Fsp3) is 0.915. The molecule has 484 valence electrons. The van der Waals surface area contributed by atoms with Gasteiger partial charge in [-0.15, -0.1) is 0 Å². The molecule has 8 unspecified atom stereocenters. The average molecular weight is 1160 g/mol. The van der Waals surface area contributed by atoms with Crippen molar-refractivity contribution in [3.63, 3.8) is 0 Å². The molecule has 1 aliphatic heterocycles. The number of carbonyl (C=O) groups is 2. The number of ether oxygens (including phenoxy) is 3. The van der Waals surface area contributed by atoms with Crippen molar-refractivity contribution in [2.75, 3.05) is 13.2 Å². The van der Waals surface area contributed by atoms with Crippen molar-refractivity contribution in [1.29, 1.82) is 0 Å². The zero-order valence-electron chi connectivity index (χ0n) is 53.9. The first-order valence-corrected chi connectivity index (χ1v) is 35.6. The maximum atomic E-state index is 13.4. The molecule has 1 rings (SSSR count). The second-order valence-corrected chi connectivity index (χ2v) is 25.0. The SMILES string of the molecule is CCCCCCCC/C=C/CCCCCCCCCCCCCCCCCCCC(=O)OC1C(OCC(NC(=O)C(O)CCCCCCCCCCCCCCC)C(O)/C=C/CCCCCCCCCCCCC)OC(CO)C(O)C1O. The Morgan fingerprint density at radius 1 is 0.463 bits per heavy atom. The van der Waals surface area contributed by atoms with Gasteiger partial charge in [-0.2, -0.15) is 0 Å². The number of nitrogens with one attached hydrogen (secondary N) is 1. The van der Waals surface area contributed by atoms with Gasteiger partial charge in [-0.25, -0.2) is 0 Å². The fourth-order valence-corrected chi connectivity index (χ4v) is 11.5. The van der Waals surface area contributed by atoms with Crippen LogP contribution in [0.3, 0.4) is 0 Å². The lowest BCUT2D eigenvalue weighted by Crippen LogP contribution is -2.61. The van der Waals surface area contributed by atoms with Gasteiger partial charge >= 0.3 is 5.97 Å². The summed E-state index contributed by atoms with van der Waals surface area (Å²) < 4.78 is 17.7. The molecule has 8 atom stereocenters. The number of allylic oxidation sites excluding steroid dienone is 3. The molecule has 11 heteroatoms. The third-order valence-corrected chi connectivity index (χ3v) is 17.1. The lowest BCUT2D eigenvalue weighted by atomic mass is 9.99. The van der Waals surface area contributed by atoms with Crippen LogP contribution >= 0.6 is 0 Å². The molecule has 1 aliphatic rings. The predicted octanol–water partition coefficient (Wildman–Crippen LogP) is 18.0. The van der Waals surface area contributed by atoms with Gasteiger partial charge in [0.1, 0.15) is 24.4 Å². The van der Waals surface area contributed by atoms with Crippen molar-refractivity contribution in [3.8, 4) is 0 Å². The highest BCUT2D eigenvalue weighted by molar-refractivity contribution is 5.80. The number of aliphatic hydroxyl groups is 5. The minimum Gasteiger partial charge on any atom is -0.454 e. The first-order chi connectivity index (χ1) is 40.2. The van der Waals surface area contributed by atoms with Crippen LogP contribution in [0.5, 0.6) is 0 Å². The number of carbonyl (C=O) groups excluding carboxylic acids is 2. The second-order valence-electron chi connectivity index (χ2n) is 25.0. The maximum absolute atomic E-state index is 13.4. The standard InChI is InChI=1S/C71H135NO10/c1-4-7-10-13-16-19-22-25-26-27-28-29-30-31-32-33-34-35-36-37-38-41-44-47-50-53-56-59-66(76)82-69-68(78)67(77)65(60-73)81-71(69)80-61-62(63(74)57-54-51-48-45-42-39-23-20-17-14-11-8-5-2)72-70(79)64(75)58-55-52-49-46-43-40-24-21-18-15-12-9-6-3/h25-26,54,57,62-65,67-69,71,73-75,77-78H,4-24,27-53,55-56,58-61H2,1-3H3,(H,72,79)/b26-25+,57-54+. The summed E-state index contributed by atoms with van der Waals surface area (Å²) in [6.45, 7) is 5.84. The zero-order chi connectivity index (χ0) is 59.6. The molecule has 0 saturated carbocycles. The van der Waals surface area contributed by atoms with Crippen LogP contribution in [0, 0.1) is 0 Å². The van der Waals surface area contributed by atoms with E-state index < -0.39 is 67.4 Å². The van der Waals surface area contributed by atoms with E-state index in [0.717, 1.165) is 57.8 Å². The van der Waals surface area contributed by atoms with E-state index >= 15 is 0 Å². The largest absolute Gasteiger partial charge is 0.454 e. The Hall–Kier alpha value is -1.86. The molecule has 1 amide bonds. The van der Waals surface area contributed by atoms with E-state index in [0.29, 0.717) is 19.3 Å². The summed E-state index contributed by atoms with van der Waals surface area (Å²) >= 11 is 0. The molecular weight excluding hydrogens is 1030 g/mol. The number of esters is 1. The van der Waals surface area contributed by atoms with E-state index in [2.05, 4.69) is 38.2 Å². The number of aliphatic hydroxyl groups excluding tert-OH is 5. The zero-order valence-corrected chi connectivity index (χ0v) is 53.9. The van der Waals surface area contributed by atoms with Gasteiger partial charge in [0.15, 0.2) is 12.4 Å². The third-order valence-electron chi connectivity index (χ3n) is 17.1. The van der Waals surface area contributed by atoms with Gasteiger partial charge in [0.25, 0.3) is 0 Å². The molecule has 0 aromatic heterocycles. The maximum Gasteiger partial charge on any atom is 0.306 e. The van der Waals surface area contributed by atoms with Crippen molar-refractivity contribution < 1.29 is 49.3 Å². The van der Waals surface area contributed by atoms with Crippen LogP contribution in [-0.4, -0.2) is 99.6 Å². The molecule has 82 heavy (non-hydrogen) atoms. The minimum absolute atomic E-state index is 0.130. The summed E-state index contributed by atoms with van der Waals surface area (Å²) in [7, 11) is 0.